The second-order valence-corrected chi connectivity index (χ2v) is 7.78. The standard InChI is InChI=1S/C19H25N3O2S/c1-2-3-8-23-18-19(22-25-21-18)24-17-11-13-9-14(16(17)10-13)12-15-6-4-5-7-20-15/h4-7,13-14,16-17H,2-3,8-12H2,1H3. The zero-order chi connectivity index (χ0) is 17.1. The van der Waals surface area contributed by atoms with Crippen LogP contribution in [0, 0.1) is 17.8 Å². The number of ether oxygens (including phenoxy) is 2. The molecule has 0 radical (unpaired) electrons. The molecule has 4 rings (SSSR count). The van der Waals surface area contributed by atoms with Crippen LogP contribution in [0.3, 0.4) is 0 Å². The fraction of sp³-hybridized carbons (Fsp3) is 0.632. The van der Waals surface area contributed by atoms with Gasteiger partial charge in [-0.1, -0.05) is 19.4 Å². The molecule has 2 aliphatic rings. The van der Waals surface area contributed by atoms with Gasteiger partial charge < -0.3 is 9.47 Å². The van der Waals surface area contributed by atoms with Crippen LogP contribution in [0.15, 0.2) is 24.4 Å². The highest BCUT2D eigenvalue weighted by Crippen LogP contribution is 2.51. The van der Waals surface area contributed by atoms with Crippen molar-refractivity contribution < 1.29 is 9.47 Å². The molecule has 2 saturated carbocycles. The molecule has 2 aromatic rings. The average Bonchev–Trinajstić information content (AvgIpc) is 3.33. The highest BCUT2D eigenvalue weighted by Gasteiger charge is 2.47. The minimum absolute atomic E-state index is 0.241. The van der Waals surface area contributed by atoms with Gasteiger partial charge in [0.25, 0.3) is 11.8 Å². The van der Waals surface area contributed by atoms with Crippen LogP contribution in [0.25, 0.3) is 0 Å². The first-order valence-electron chi connectivity index (χ1n) is 9.35. The third-order valence-corrected chi connectivity index (χ3v) is 6.01. The quantitative estimate of drug-likeness (QED) is 0.663. The maximum absolute atomic E-state index is 6.27. The lowest BCUT2D eigenvalue weighted by Gasteiger charge is -2.29. The average molecular weight is 359 g/mol. The summed E-state index contributed by atoms with van der Waals surface area (Å²) in [5.41, 5.74) is 1.19. The fourth-order valence-electron chi connectivity index (χ4n) is 4.37. The number of nitrogens with zero attached hydrogens (tertiary/aromatic N) is 3. The summed E-state index contributed by atoms with van der Waals surface area (Å²) in [7, 11) is 0. The van der Waals surface area contributed by atoms with Crippen molar-refractivity contribution in [3.8, 4) is 11.8 Å². The van der Waals surface area contributed by atoms with Gasteiger partial charge in [-0.25, -0.2) is 0 Å². The molecule has 2 heterocycles. The van der Waals surface area contributed by atoms with Crippen LogP contribution in [0.4, 0.5) is 0 Å². The molecule has 134 valence electrons. The van der Waals surface area contributed by atoms with Gasteiger partial charge >= 0.3 is 0 Å². The molecule has 25 heavy (non-hydrogen) atoms. The van der Waals surface area contributed by atoms with Crippen LogP contribution < -0.4 is 9.47 Å². The van der Waals surface area contributed by atoms with Gasteiger partial charge in [-0.15, -0.1) is 8.75 Å². The van der Waals surface area contributed by atoms with Gasteiger partial charge in [0.05, 0.1) is 18.3 Å². The van der Waals surface area contributed by atoms with Gasteiger partial charge in [0.15, 0.2) is 0 Å². The summed E-state index contributed by atoms with van der Waals surface area (Å²) in [6.45, 7) is 2.83. The number of rotatable bonds is 8. The molecule has 2 fully saturated rings. The van der Waals surface area contributed by atoms with Crippen molar-refractivity contribution in [2.24, 2.45) is 17.8 Å². The van der Waals surface area contributed by atoms with Gasteiger partial charge in [-0.3, -0.25) is 4.98 Å². The number of hydrogen-bond acceptors (Lipinski definition) is 6. The zero-order valence-electron chi connectivity index (χ0n) is 14.6. The van der Waals surface area contributed by atoms with E-state index < -0.39 is 0 Å². The van der Waals surface area contributed by atoms with Gasteiger partial charge in [0.1, 0.15) is 6.10 Å². The van der Waals surface area contributed by atoms with Crippen molar-refractivity contribution in [3.63, 3.8) is 0 Å². The molecule has 0 spiro atoms. The molecule has 0 aliphatic heterocycles. The first kappa shape index (κ1) is 16.8. The second-order valence-electron chi connectivity index (χ2n) is 7.26. The van der Waals surface area contributed by atoms with E-state index in [4.69, 9.17) is 9.47 Å². The van der Waals surface area contributed by atoms with Crippen LogP contribution >= 0.6 is 11.7 Å². The van der Waals surface area contributed by atoms with Crippen LogP contribution in [0.5, 0.6) is 11.8 Å². The maximum Gasteiger partial charge on any atom is 0.291 e. The van der Waals surface area contributed by atoms with Crippen LogP contribution in [0.1, 0.15) is 44.7 Å². The van der Waals surface area contributed by atoms with Crippen LogP contribution in [-0.2, 0) is 6.42 Å². The third kappa shape index (κ3) is 3.78. The molecule has 0 N–H and O–H groups in total. The third-order valence-electron chi connectivity index (χ3n) is 5.52. The number of hydrogen-bond donors (Lipinski definition) is 0. The molecule has 2 aromatic heterocycles. The Kier molecular flexibility index (Phi) is 5.15. The predicted molar refractivity (Wildman–Crippen MR) is 97.0 cm³/mol. The van der Waals surface area contributed by atoms with E-state index in [-0.39, 0.29) is 6.10 Å². The molecule has 2 bridgehead atoms. The van der Waals surface area contributed by atoms with Crippen molar-refractivity contribution in [2.45, 2.75) is 51.6 Å². The minimum Gasteiger partial charge on any atom is -0.473 e. The van der Waals surface area contributed by atoms with Crippen molar-refractivity contribution in [2.75, 3.05) is 6.61 Å². The van der Waals surface area contributed by atoms with Gasteiger partial charge in [-0.2, -0.15) is 0 Å². The van der Waals surface area contributed by atoms with E-state index in [1.165, 1.54) is 30.3 Å². The lowest BCUT2D eigenvalue weighted by molar-refractivity contribution is 0.0938. The van der Waals surface area contributed by atoms with Gasteiger partial charge in [0.2, 0.25) is 0 Å². The summed E-state index contributed by atoms with van der Waals surface area (Å²) < 4.78 is 20.6. The van der Waals surface area contributed by atoms with Gasteiger partial charge in [0, 0.05) is 11.9 Å². The van der Waals surface area contributed by atoms with Crippen molar-refractivity contribution >= 4 is 11.7 Å². The SMILES string of the molecule is CCCCOc1nsnc1OC1CC2CC(Cc3ccccn3)C1C2. The molecule has 2 aliphatic carbocycles. The van der Waals surface area contributed by atoms with E-state index in [9.17, 15) is 0 Å². The van der Waals surface area contributed by atoms with Crippen LogP contribution in [0.2, 0.25) is 0 Å². The Hall–Kier alpha value is -1.69. The van der Waals surface area contributed by atoms with Gasteiger partial charge in [-0.05, 0) is 62.0 Å². The highest BCUT2D eigenvalue weighted by molar-refractivity contribution is 6.99. The maximum atomic E-state index is 6.27. The topological polar surface area (TPSA) is 57.1 Å². The Bertz CT molecular complexity index is 678. The second kappa shape index (κ2) is 7.68. The molecule has 6 heteroatoms. The van der Waals surface area contributed by atoms with Crippen LogP contribution in [-0.4, -0.2) is 26.4 Å². The van der Waals surface area contributed by atoms with E-state index in [1.54, 1.807) is 0 Å². The Morgan fingerprint density at radius 2 is 2.08 bits per heavy atom. The van der Waals surface area contributed by atoms with E-state index in [2.05, 4.69) is 32.8 Å². The summed E-state index contributed by atoms with van der Waals surface area (Å²) in [5.74, 6) is 3.20. The fourth-order valence-corrected chi connectivity index (χ4v) is 4.82. The minimum atomic E-state index is 0.241. The number of aromatic nitrogens is 3. The van der Waals surface area contributed by atoms with Crippen molar-refractivity contribution in [1.82, 2.24) is 13.7 Å². The zero-order valence-corrected chi connectivity index (χ0v) is 15.5. The Morgan fingerprint density at radius 3 is 2.88 bits per heavy atom. The Labute approximate surface area is 153 Å². The summed E-state index contributed by atoms with van der Waals surface area (Å²) in [4.78, 5) is 4.50. The Morgan fingerprint density at radius 1 is 1.16 bits per heavy atom. The molecule has 4 atom stereocenters. The summed E-state index contributed by atoms with van der Waals surface area (Å²) >= 11 is 1.17. The smallest absolute Gasteiger partial charge is 0.291 e. The van der Waals surface area contributed by atoms with E-state index >= 15 is 0 Å². The predicted octanol–water partition coefficient (Wildman–Crippen LogP) is 4.15. The first-order valence-corrected chi connectivity index (χ1v) is 10.1. The van der Waals surface area contributed by atoms with E-state index in [0.717, 1.165) is 31.6 Å². The summed E-state index contributed by atoms with van der Waals surface area (Å²) in [6.07, 6.45) is 9.02. The molecular formula is C19H25N3O2S. The normalized spacial score (nSPS) is 27.6. The van der Waals surface area contributed by atoms with Crippen molar-refractivity contribution in [3.05, 3.63) is 30.1 Å². The first-order chi connectivity index (χ1) is 12.3. The molecule has 0 saturated heterocycles. The largest absolute Gasteiger partial charge is 0.473 e. The van der Waals surface area contributed by atoms with E-state index in [1.807, 2.05) is 12.3 Å². The molecule has 4 unspecified atom stereocenters. The Balaban J connectivity index is 1.38. The van der Waals surface area contributed by atoms with E-state index in [0.29, 0.717) is 30.2 Å². The van der Waals surface area contributed by atoms with Crippen molar-refractivity contribution in [1.29, 1.82) is 0 Å². The lowest BCUT2D eigenvalue weighted by Crippen LogP contribution is -2.31. The summed E-state index contributed by atoms with van der Waals surface area (Å²) in [6, 6.07) is 6.18. The molecule has 0 aromatic carbocycles. The number of fused-ring (bicyclic) bond motifs is 2. The number of unbranched alkanes of at least 4 members (excludes halogenated alkanes) is 1. The monoisotopic (exact) mass is 359 g/mol. The summed E-state index contributed by atoms with van der Waals surface area (Å²) in [5, 5.41) is 0. The highest BCUT2D eigenvalue weighted by atomic mass is 32.1. The number of pyridine rings is 1. The molecular weight excluding hydrogens is 334 g/mol. The molecule has 0 amide bonds. The lowest BCUT2D eigenvalue weighted by atomic mass is 9.83. The molecule has 5 nitrogen and oxygen atoms in total.